The zero-order valence-corrected chi connectivity index (χ0v) is 10.5. The summed E-state index contributed by atoms with van der Waals surface area (Å²) in [5.41, 5.74) is 8.69. The van der Waals surface area contributed by atoms with E-state index in [0.29, 0.717) is 5.92 Å². The van der Waals surface area contributed by atoms with E-state index in [1.807, 2.05) is 29.8 Å². The van der Waals surface area contributed by atoms with E-state index in [4.69, 9.17) is 5.73 Å². The van der Waals surface area contributed by atoms with Crippen LogP contribution < -0.4 is 5.73 Å². The summed E-state index contributed by atoms with van der Waals surface area (Å²) in [5.74, 6) is 1.48. The Morgan fingerprint density at radius 3 is 2.78 bits per heavy atom. The molecule has 1 aliphatic rings. The normalized spacial score (nSPS) is 16.3. The van der Waals surface area contributed by atoms with Crippen LogP contribution in [0.5, 0.6) is 0 Å². The maximum atomic E-state index is 5.84. The van der Waals surface area contributed by atoms with Crippen LogP contribution in [-0.2, 0) is 0 Å². The molecule has 1 aliphatic carbocycles. The number of hydrogen-bond donors (Lipinski definition) is 1. The number of nitrogens with zero attached hydrogens (tertiary/aromatic N) is 4. The summed E-state index contributed by atoms with van der Waals surface area (Å²) in [4.78, 5) is 0. The lowest BCUT2D eigenvalue weighted by Gasteiger charge is -2.10. The predicted molar refractivity (Wildman–Crippen MR) is 69.5 cm³/mol. The lowest BCUT2D eigenvalue weighted by atomic mass is 10.1. The van der Waals surface area contributed by atoms with Crippen molar-refractivity contribution < 1.29 is 0 Å². The smallest absolute Gasteiger partial charge is 0.159 e. The van der Waals surface area contributed by atoms with Crippen LogP contribution in [0.2, 0.25) is 0 Å². The monoisotopic (exact) mass is 243 g/mol. The van der Waals surface area contributed by atoms with Gasteiger partial charge in [-0.1, -0.05) is 12.8 Å². The van der Waals surface area contributed by atoms with Gasteiger partial charge < -0.3 is 5.73 Å². The third-order valence-electron chi connectivity index (χ3n) is 3.71. The second-order valence-corrected chi connectivity index (χ2v) is 4.97. The molecular formula is C13H17N5. The molecule has 94 valence electrons. The molecule has 0 saturated heterocycles. The lowest BCUT2D eigenvalue weighted by Crippen LogP contribution is -2.07. The molecule has 0 radical (unpaired) electrons. The number of nitrogens with two attached hydrogens (primary N) is 1. The number of aromatic nitrogens is 4. The number of nitrogen functional groups attached to an aromatic ring is 1. The molecule has 0 atom stereocenters. The van der Waals surface area contributed by atoms with Gasteiger partial charge in [0.2, 0.25) is 0 Å². The van der Waals surface area contributed by atoms with E-state index in [-0.39, 0.29) is 0 Å². The van der Waals surface area contributed by atoms with Crippen molar-refractivity contribution in [1.29, 1.82) is 0 Å². The minimum absolute atomic E-state index is 0.498. The van der Waals surface area contributed by atoms with Gasteiger partial charge in [-0.3, -0.25) is 0 Å². The van der Waals surface area contributed by atoms with Gasteiger partial charge in [0.1, 0.15) is 0 Å². The topological polar surface area (TPSA) is 69.6 Å². The average molecular weight is 243 g/mol. The summed E-state index contributed by atoms with van der Waals surface area (Å²) >= 11 is 0. The molecule has 5 nitrogen and oxygen atoms in total. The van der Waals surface area contributed by atoms with Gasteiger partial charge in [-0.25, -0.2) is 0 Å². The van der Waals surface area contributed by atoms with Crippen LogP contribution in [-0.4, -0.2) is 20.2 Å². The molecule has 5 heteroatoms. The van der Waals surface area contributed by atoms with Crippen LogP contribution >= 0.6 is 0 Å². The van der Waals surface area contributed by atoms with Crippen LogP contribution in [0.25, 0.3) is 5.69 Å². The van der Waals surface area contributed by atoms with Crippen molar-refractivity contribution in [3.63, 3.8) is 0 Å². The standard InChI is InChI=1S/C13H17N5/c1-9-8-11(6-7-12(9)14)18-13(15-16-17-18)10-4-2-3-5-10/h6-8,10H,2-5,14H2,1H3. The van der Waals surface area contributed by atoms with Crippen molar-refractivity contribution in [2.75, 3.05) is 5.73 Å². The van der Waals surface area contributed by atoms with Gasteiger partial charge in [-0.2, -0.15) is 4.68 Å². The number of anilines is 1. The third-order valence-corrected chi connectivity index (χ3v) is 3.71. The Kier molecular flexibility index (Phi) is 2.74. The van der Waals surface area contributed by atoms with Crippen molar-refractivity contribution in [2.45, 2.75) is 38.5 Å². The van der Waals surface area contributed by atoms with Gasteiger partial charge in [0.25, 0.3) is 0 Å². The first-order valence-corrected chi connectivity index (χ1v) is 6.40. The highest BCUT2D eigenvalue weighted by Crippen LogP contribution is 2.33. The van der Waals surface area contributed by atoms with E-state index in [9.17, 15) is 0 Å². The molecular weight excluding hydrogens is 226 g/mol. The minimum atomic E-state index is 0.498. The minimum Gasteiger partial charge on any atom is -0.399 e. The fourth-order valence-corrected chi connectivity index (χ4v) is 2.61. The Balaban J connectivity index is 2.00. The lowest BCUT2D eigenvalue weighted by molar-refractivity contribution is 0.636. The van der Waals surface area contributed by atoms with Gasteiger partial charge in [-0.15, -0.1) is 5.10 Å². The van der Waals surface area contributed by atoms with Crippen molar-refractivity contribution in [3.05, 3.63) is 29.6 Å². The largest absolute Gasteiger partial charge is 0.399 e. The van der Waals surface area contributed by atoms with E-state index in [2.05, 4.69) is 15.5 Å². The molecule has 18 heavy (non-hydrogen) atoms. The summed E-state index contributed by atoms with van der Waals surface area (Å²) in [6.45, 7) is 2.00. The maximum Gasteiger partial charge on any atom is 0.159 e. The SMILES string of the molecule is Cc1cc(-n2nnnc2C2CCCC2)ccc1N. The zero-order valence-electron chi connectivity index (χ0n) is 10.5. The Bertz CT molecular complexity index is 554. The molecule has 1 aromatic carbocycles. The third kappa shape index (κ3) is 1.85. The number of aryl methyl sites for hydroxylation is 1. The number of hydrogen-bond acceptors (Lipinski definition) is 4. The molecule has 0 bridgehead atoms. The van der Waals surface area contributed by atoms with Crippen molar-refractivity contribution in [1.82, 2.24) is 20.2 Å². The number of tetrazole rings is 1. The molecule has 0 amide bonds. The number of rotatable bonds is 2. The fourth-order valence-electron chi connectivity index (χ4n) is 2.61. The van der Waals surface area contributed by atoms with E-state index in [0.717, 1.165) is 22.8 Å². The second kappa shape index (κ2) is 4.40. The Morgan fingerprint density at radius 1 is 1.28 bits per heavy atom. The van der Waals surface area contributed by atoms with Crippen LogP contribution in [0.4, 0.5) is 5.69 Å². The summed E-state index contributed by atoms with van der Waals surface area (Å²) < 4.78 is 1.85. The van der Waals surface area contributed by atoms with Crippen LogP contribution in [0.1, 0.15) is 43.0 Å². The average Bonchev–Trinajstić information content (AvgIpc) is 3.00. The first-order chi connectivity index (χ1) is 8.75. The van der Waals surface area contributed by atoms with Crippen molar-refractivity contribution >= 4 is 5.69 Å². The van der Waals surface area contributed by atoms with Gasteiger partial charge in [0.05, 0.1) is 5.69 Å². The Labute approximate surface area is 106 Å². The Morgan fingerprint density at radius 2 is 2.06 bits per heavy atom. The summed E-state index contributed by atoms with van der Waals surface area (Å²) in [7, 11) is 0. The molecule has 1 aromatic heterocycles. The molecule has 0 aliphatic heterocycles. The molecule has 0 unspecified atom stereocenters. The maximum absolute atomic E-state index is 5.84. The quantitative estimate of drug-likeness (QED) is 0.821. The van der Waals surface area contributed by atoms with Crippen molar-refractivity contribution in [2.24, 2.45) is 0 Å². The summed E-state index contributed by atoms with van der Waals surface area (Å²) in [6.07, 6.45) is 4.93. The fraction of sp³-hybridized carbons (Fsp3) is 0.462. The van der Waals surface area contributed by atoms with Gasteiger partial charge in [0, 0.05) is 11.6 Å². The van der Waals surface area contributed by atoms with Gasteiger partial charge in [-0.05, 0) is 54.0 Å². The van der Waals surface area contributed by atoms with E-state index in [1.54, 1.807) is 0 Å². The highest BCUT2D eigenvalue weighted by Gasteiger charge is 2.23. The van der Waals surface area contributed by atoms with Crippen LogP contribution in [0, 0.1) is 6.92 Å². The molecule has 1 heterocycles. The van der Waals surface area contributed by atoms with Crippen LogP contribution in [0.15, 0.2) is 18.2 Å². The highest BCUT2D eigenvalue weighted by molar-refractivity contribution is 5.51. The second-order valence-electron chi connectivity index (χ2n) is 4.97. The van der Waals surface area contributed by atoms with E-state index in [1.165, 1.54) is 25.7 Å². The molecule has 3 rings (SSSR count). The molecule has 2 N–H and O–H groups in total. The van der Waals surface area contributed by atoms with Crippen molar-refractivity contribution in [3.8, 4) is 5.69 Å². The van der Waals surface area contributed by atoms with Gasteiger partial charge in [0.15, 0.2) is 5.82 Å². The van der Waals surface area contributed by atoms with Gasteiger partial charge >= 0.3 is 0 Å². The first-order valence-electron chi connectivity index (χ1n) is 6.40. The first kappa shape index (κ1) is 11.2. The van der Waals surface area contributed by atoms with Crippen LogP contribution in [0.3, 0.4) is 0 Å². The summed E-state index contributed by atoms with van der Waals surface area (Å²) in [5, 5.41) is 12.1. The zero-order chi connectivity index (χ0) is 12.5. The molecule has 2 aromatic rings. The Hall–Kier alpha value is -1.91. The highest BCUT2D eigenvalue weighted by atomic mass is 15.5. The summed E-state index contributed by atoms with van der Waals surface area (Å²) in [6, 6.07) is 5.91. The molecule has 1 saturated carbocycles. The predicted octanol–water partition coefficient (Wildman–Crippen LogP) is 2.21. The molecule has 1 fully saturated rings. The molecule has 0 spiro atoms. The number of benzene rings is 1. The van der Waals surface area contributed by atoms with E-state index >= 15 is 0 Å². The van der Waals surface area contributed by atoms with E-state index < -0.39 is 0 Å².